The number of rotatable bonds is 2. The predicted octanol–water partition coefficient (Wildman–Crippen LogP) is 3.35. The van der Waals surface area contributed by atoms with Gasteiger partial charge in [-0.15, -0.1) is 0 Å². The van der Waals surface area contributed by atoms with Gasteiger partial charge in [0.05, 0.1) is 0 Å². The fourth-order valence-electron chi connectivity index (χ4n) is 2.81. The molecule has 0 bridgehead atoms. The highest BCUT2D eigenvalue weighted by atomic mass is 15.2. The Hall–Kier alpha value is -2.30. The average Bonchev–Trinajstić information content (AvgIpc) is 2.48. The Morgan fingerprint density at radius 2 is 1.95 bits per heavy atom. The molecule has 0 radical (unpaired) electrons. The van der Waals surface area contributed by atoms with E-state index in [2.05, 4.69) is 65.2 Å². The predicted molar refractivity (Wildman–Crippen MR) is 91.6 cm³/mol. The number of nitrogens with one attached hydrogen (secondary N) is 1. The van der Waals surface area contributed by atoms with Crippen LogP contribution in [0.25, 0.3) is 0 Å². The Balaban J connectivity index is 2.02. The minimum absolute atomic E-state index is 0.0977. The fraction of sp³-hybridized carbons (Fsp3) is 0.412. The number of aromatic nitrogens is 2. The van der Waals surface area contributed by atoms with Crippen molar-refractivity contribution in [2.75, 3.05) is 22.5 Å². The highest BCUT2D eigenvalue weighted by Gasteiger charge is 2.23. The van der Waals surface area contributed by atoms with E-state index in [0.29, 0.717) is 11.5 Å². The molecule has 1 aliphatic rings. The molecule has 5 heteroatoms. The van der Waals surface area contributed by atoms with Crippen molar-refractivity contribution < 1.29 is 0 Å². The lowest BCUT2D eigenvalue weighted by molar-refractivity contribution is 0.630. The van der Waals surface area contributed by atoms with Gasteiger partial charge in [-0.05, 0) is 45.2 Å². The minimum Gasteiger partial charge on any atom is -0.393 e. The lowest BCUT2D eigenvalue weighted by Crippen LogP contribution is -2.29. The van der Waals surface area contributed by atoms with E-state index in [1.807, 2.05) is 0 Å². The van der Waals surface area contributed by atoms with E-state index in [9.17, 15) is 0 Å². The number of fused-ring (bicyclic) bond motifs is 1. The number of nitrogen functional groups attached to an aromatic ring is 1. The third kappa shape index (κ3) is 2.84. The third-order valence-corrected chi connectivity index (χ3v) is 3.72. The van der Waals surface area contributed by atoms with Crippen LogP contribution in [-0.4, -0.2) is 22.1 Å². The number of nitrogens with two attached hydrogens (primary N) is 1. The lowest BCUT2D eigenvalue weighted by Gasteiger charge is -2.32. The van der Waals surface area contributed by atoms with Crippen molar-refractivity contribution in [1.82, 2.24) is 9.97 Å². The van der Waals surface area contributed by atoms with Crippen molar-refractivity contribution in [3.05, 3.63) is 36.2 Å². The molecule has 22 heavy (non-hydrogen) atoms. The monoisotopic (exact) mass is 297 g/mol. The maximum atomic E-state index is 6.35. The molecule has 1 aliphatic heterocycles. The Kier molecular flexibility index (Phi) is 3.64. The van der Waals surface area contributed by atoms with Crippen LogP contribution in [0.3, 0.4) is 0 Å². The molecule has 0 saturated heterocycles. The number of hydrogen-bond acceptors (Lipinski definition) is 5. The summed E-state index contributed by atoms with van der Waals surface area (Å²) in [5.74, 6) is 1.48. The van der Waals surface area contributed by atoms with Crippen molar-refractivity contribution in [1.29, 1.82) is 0 Å². The summed E-state index contributed by atoms with van der Waals surface area (Å²) in [7, 11) is 0. The Labute approximate surface area is 131 Å². The standard InChI is InChI=1S/C17H23N5/c1-17(2,3)21-15-14(18)16(20-11-19-15)22-10-6-8-12-7-4-5-9-13(12)22/h4-5,7,9,11H,6,8,10,18H2,1-3H3,(H,19,20,21). The first kappa shape index (κ1) is 14.6. The van der Waals surface area contributed by atoms with Crippen LogP contribution in [0, 0.1) is 0 Å². The van der Waals surface area contributed by atoms with Gasteiger partial charge in [-0.3, -0.25) is 0 Å². The molecule has 2 aromatic rings. The summed E-state index contributed by atoms with van der Waals surface area (Å²) in [6, 6.07) is 8.45. The van der Waals surface area contributed by atoms with Crippen LogP contribution in [0.1, 0.15) is 32.8 Å². The summed E-state index contributed by atoms with van der Waals surface area (Å²) in [6.07, 6.45) is 3.78. The van der Waals surface area contributed by atoms with Crippen LogP contribution in [0.15, 0.2) is 30.6 Å². The normalized spacial score (nSPS) is 14.6. The van der Waals surface area contributed by atoms with Gasteiger partial charge in [0.1, 0.15) is 12.0 Å². The number of para-hydroxylation sites is 1. The van der Waals surface area contributed by atoms with Crippen molar-refractivity contribution in [3.8, 4) is 0 Å². The van der Waals surface area contributed by atoms with Gasteiger partial charge in [0.2, 0.25) is 0 Å². The maximum Gasteiger partial charge on any atom is 0.161 e. The number of nitrogens with zero attached hydrogens (tertiary/aromatic N) is 3. The molecule has 116 valence electrons. The first-order valence-corrected chi connectivity index (χ1v) is 7.70. The second kappa shape index (κ2) is 5.48. The van der Waals surface area contributed by atoms with Crippen LogP contribution in [0.5, 0.6) is 0 Å². The molecule has 0 amide bonds. The largest absolute Gasteiger partial charge is 0.393 e. The quantitative estimate of drug-likeness (QED) is 0.889. The Bertz CT molecular complexity index is 675. The lowest BCUT2D eigenvalue weighted by atomic mass is 10.0. The summed E-state index contributed by atoms with van der Waals surface area (Å²) in [6.45, 7) is 7.19. The highest BCUT2D eigenvalue weighted by molar-refractivity contribution is 5.80. The van der Waals surface area contributed by atoms with E-state index < -0.39 is 0 Å². The summed E-state index contributed by atoms with van der Waals surface area (Å²) in [5.41, 5.74) is 9.40. The smallest absolute Gasteiger partial charge is 0.161 e. The van der Waals surface area contributed by atoms with E-state index in [0.717, 1.165) is 25.2 Å². The van der Waals surface area contributed by atoms with Crippen LogP contribution < -0.4 is 16.0 Å². The van der Waals surface area contributed by atoms with Crippen molar-refractivity contribution in [2.24, 2.45) is 0 Å². The van der Waals surface area contributed by atoms with Gasteiger partial charge >= 0.3 is 0 Å². The van der Waals surface area contributed by atoms with Gasteiger partial charge in [-0.25, -0.2) is 9.97 Å². The van der Waals surface area contributed by atoms with E-state index in [4.69, 9.17) is 5.73 Å². The molecule has 0 saturated carbocycles. The second-order valence-electron chi connectivity index (χ2n) is 6.72. The number of benzene rings is 1. The van der Waals surface area contributed by atoms with Gasteiger partial charge in [0, 0.05) is 17.8 Å². The van der Waals surface area contributed by atoms with Crippen molar-refractivity contribution >= 4 is 23.0 Å². The molecule has 0 aliphatic carbocycles. The zero-order valence-corrected chi connectivity index (χ0v) is 13.4. The average molecular weight is 297 g/mol. The summed E-state index contributed by atoms with van der Waals surface area (Å²) in [4.78, 5) is 10.9. The second-order valence-corrected chi connectivity index (χ2v) is 6.72. The summed E-state index contributed by atoms with van der Waals surface area (Å²) < 4.78 is 0. The number of anilines is 4. The van der Waals surface area contributed by atoms with Gasteiger partial charge in [0.25, 0.3) is 0 Å². The van der Waals surface area contributed by atoms with Gasteiger partial charge < -0.3 is 16.0 Å². The third-order valence-electron chi connectivity index (χ3n) is 3.72. The van der Waals surface area contributed by atoms with Gasteiger partial charge in [-0.1, -0.05) is 18.2 Å². The highest BCUT2D eigenvalue weighted by Crippen LogP contribution is 2.37. The van der Waals surface area contributed by atoms with E-state index in [1.54, 1.807) is 6.33 Å². The molecular formula is C17H23N5. The first-order valence-electron chi connectivity index (χ1n) is 7.70. The molecule has 0 fully saturated rings. The minimum atomic E-state index is -0.0977. The van der Waals surface area contributed by atoms with E-state index >= 15 is 0 Å². The van der Waals surface area contributed by atoms with Crippen molar-refractivity contribution in [3.63, 3.8) is 0 Å². The van der Waals surface area contributed by atoms with Crippen LogP contribution in [0.2, 0.25) is 0 Å². The molecular weight excluding hydrogens is 274 g/mol. The molecule has 0 atom stereocenters. The number of hydrogen-bond donors (Lipinski definition) is 2. The maximum absolute atomic E-state index is 6.35. The van der Waals surface area contributed by atoms with Gasteiger partial charge in [0.15, 0.2) is 11.6 Å². The summed E-state index contributed by atoms with van der Waals surface area (Å²) >= 11 is 0. The SMILES string of the molecule is CC(C)(C)Nc1ncnc(N2CCCc3ccccc32)c1N. The van der Waals surface area contributed by atoms with Crippen LogP contribution >= 0.6 is 0 Å². The van der Waals surface area contributed by atoms with Crippen molar-refractivity contribution in [2.45, 2.75) is 39.2 Å². The Morgan fingerprint density at radius 3 is 2.73 bits per heavy atom. The molecule has 3 rings (SSSR count). The molecule has 0 spiro atoms. The fourth-order valence-corrected chi connectivity index (χ4v) is 2.81. The molecule has 0 unspecified atom stereocenters. The van der Waals surface area contributed by atoms with Crippen LogP contribution in [-0.2, 0) is 6.42 Å². The summed E-state index contributed by atoms with van der Waals surface area (Å²) in [5, 5.41) is 3.35. The van der Waals surface area contributed by atoms with Gasteiger partial charge in [-0.2, -0.15) is 0 Å². The zero-order valence-electron chi connectivity index (χ0n) is 13.4. The van der Waals surface area contributed by atoms with Crippen LogP contribution in [0.4, 0.5) is 23.0 Å². The molecule has 2 heterocycles. The zero-order chi connectivity index (χ0) is 15.7. The molecule has 3 N–H and O–H groups in total. The number of aryl methyl sites for hydroxylation is 1. The molecule has 5 nitrogen and oxygen atoms in total. The first-order chi connectivity index (χ1) is 10.5. The molecule has 1 aromatic heterocycles. The molecule has 1 aromatic carbocycles. The Morgan fingerprint density at radius 1 is 1.18 bits per heavy atom. The topological polar surface area (TPSA) is 67.1 Å². The van der Waals surface area contributed by atoms with E-state index in [1.165, 1.54) is 11.3 Å². The van der Waals surface area contributed by atoms with E-state index in [-0.39, 0.29) is 5.54 Å².